The monoisotopic (exact) mass is 368 g/mol. The molecule has 6 nitrogen and oxygen atoms in total. The van der Waals surface area contributed by atoms with E-state index < -0.39 is 27.9 Å². The normalized spacial score (nSPS) is 12.6. The molecule has 0 saturated carbocycles. The van der Waals surface area contributed by atoms with Gasteiger partial charge in [-0.05, 0) is 30.5 Å². The molecular weight excluding hydrogens is 347 g/mol. The van der Waals surface area contributed by atoms with Gasteiger partial charge in [0.2, 0.25) is 10.0 Å². The third kappa shape index (κ3) is 6.06. The van der Waals surface area contributed by atoms with Gasteiger partial charge < -0.3 is 10.5 Å². The number of carbonyl (C=O) groups excluding carboxylic acids is 1. The summed E-state index contributed by atoms with van der Waals surface area (Å²) in [6, 6.07) is 2.37. The Bertz CT molecular complexity index is 638. The summed E-state index contributed by atoms with van der Waals surface area (Å²) in [5.41, 5.74) is 5.22. The highest BCUT2D eigenvalue weighted by Gasteiger charge is 2.26. The van der Waals surface area contributed by atoms with Crippen LogP contribution in [0.5, 0.6) is 0 Å². The lowest BCUT2D eigenvalue weighted by Crippen LogP contribution is -2.41. The van der Waals surface area contributed by atoms with Crippen LogP contribution in [0.3, 0.4) is 0 Å². The first-order valence-corrected chi connectivity index (χ1v) is 8.29. The van der Waals surface area contributed by atoms with Crippen molar-refractivity contribution in [2.45, 2.75) is 31.2 Å². The maximum absolute atomic E-state index is 13.3. The van der Waals surface area contributed by atoms with Gasteiger partial charge in [-0.2, -0.15) is 0 Å². The van der Waals surface area contributed by atoms with Crippen LogP contribution in [0.2, 0.25) is 0 Å². The molecular formula is C14H22ClFN2O4S. The molecule has 1 aromatic rings. The van der Waals surface area contributed by atoms with E-state index in [1.54, 1.807) is 0 Å². The molecule has 0 aliphatic heterocycles. The zero-order valence-corrected chi connectivity index (χ0v) is 14.8. The molecule has 0 bridgehead atoms. The third-order valence-electron chi connectivity index (χ3n) is 3.00. The Hall–Kier alpha value is -1.22. The molecule has 0 saturated heterocycles. The first kappa shape index (κ1) is 21.8. The Morgan fingerprint density at radius 3 is 2.48 bits per heavy atom. The van der Waals surface area contributed by atoms with Gasteiger partial charge in [0.1, 0.15) is 5.82 Å². The predicted molar refractivity (Wildman–Crippen MR) is 87.6 cm³/mol. The number of nitrogens with one attached hydrogen (secondary N) is 1. The van der Waals surface area contributed by atoms with Gasteiger partial charge in [-0.3, -0.25) is 0 Å². The quantitative estimate of drug-likeness (QED) is 0.713. The molecule has 0 spiro atoms. The van der Waals surface area contributed by atoms with Gasteiger partial charge in [-0.1, -0.05) is 13.8 Å². The summed E-state index contributed by atoms with van der Waals surface area (Å²) in [7, 11) is -2.92. The van der Waals surface area contributed by atoms with Gasteiger partial charge in [0.25, 0.3) is 0 Å². The Balaban J connectivity index is 0.00000484. The maximum atomic E-state index is 13.3. The van der Waals surface area contributed by atoms with E-state index in [0.29, 0.717) is 6.42 Å². The Morgan fingerprint density at radius 2 is 2.00 bits per heavy atom. The summed E-state index contributed by atoms with van der Waals surface area (Å²) in [5.74, 6) is -1.41. The number of methoxy groups -OCH3 is 1. The SMILES string of the molecule is COC(=O)c1cc(F)ccc1S(=O)(=O)NC(CN)CC(C)C.Cl. The van der Waals surface area contributed by atoms with Gasteiger partial charge in [0, 0.05) is 12.6 Å². The van der Waals surface area contributed by atoms with Crippen molar-refractivity contribution in [2.75, 3.05) is 13.7 Å². The molecule has 0 radical (unpaired) electrons. The van der Waals surface area contributed by atoms with Crippen LogP contribution in [-0.4, -0.2) is 34.1 Å². The topological polar surface area (TPSA) is 98.5 Å². The molecule has 1 rings (SSSR count). The Morgan fingerprint density at radius 1 is 1.39 bits per heavy atom. The summed E-state index contributed by atoms with van der Waals surface area (Å²) in [4.78, 5) is 11.3. The maximum Gasteiger partial charge on any atom is 0.339 e. The minimum absolute atomic E-state index is 0. The van der Waals surface area contributed by atoms with Crippen LogP contribution in [0.1, 0.15) is 30.6 Å². The predicted octanol–water partition coefficient (Wildman–Crippen LogP) is 1.69. The fraction of sp³-hybridized carbons (Fsp3) is 0.500. The van der Waals surface area contributed by atoms with Crippen molar-refractivity contribution >= 4 is 28.4 Å². The smallest absolute Gasteiger partial charge is 0.339 e. The number of halogens is 2. The van der Waals surface area contributed by atoms with Gasteiger partial charge >= 0.3 is 5.97 Å². The number of hydrogen-bond acceptors (Lipinski definition) is 5. The number of carbonyl (C=O) groups is 1. The molecule has 132 valence electrons. The lowest BCUT2D eigenvalue weighted by atomic mass is 10.1. The number of hydrogen-bond donors (Lipinski definition) is 2. The average molecular weight is 369 g/mol. The van der Waals surface area contributed by atoms with Crippen LogP contribution in [0.15, 0.2) is 23.1 Å². The third-order valence-corrected chi connectivity index (χ3v) is 4.58. The van der Waals surface area contributed by atoms with E-state index in [2.05, 4.69) is 9.46 Å². The number of benzene rings is 1. The van der Waals surface area contributed by atoms with Crippen molar-refractivity contribution in [1.29, 1.82) is 0 Å². The molecule has 1 unspecified atom stereocenters. The minimum atomic E-state index is -4.02. The van der Waals surface area contributed by atoms with E-state index in [0.717, 1.165) is 25.3 Å². The van der Waals surface area contributed by atoms with Crippen LogP contribution in [0.25, 0.3) is 0 Å². The second kappa shape index (κ2) is 9.17. The molecule has 23 heavy (non-hydrogen) atoms. The number of rotatable bonds is 7. The fourth-order valence-electron chi connectivity index (χ4n) is 2.05. The second-order valence-electron chi connectivity index (χ2n) is 5.32. The van der Waals surface area contributed by atoms with Gasteiger partial charge in [0.15, 0.2) is 0 Å². The highest BCUT2D eigenvalue weighted by Crippen LogP contribution is 2.19. The molecule has 0 aliphatic carbocycles. The van der Waals surface area contributed by atoms with E-state index in [1.165, 1.54) is 0 Å². The van der Waals surface area contributed by atoms with Crippen LogP contribution < -0.4 is 10.5 Å². The van der Waals surface area contributed by atoms with Crippen LogP contribution >= 0.6 is 12.4 Å². The summed E-state index contributed by atoms with van der Waals surface area (Å²) in [5, 5.41) is 0. The highest BCUT2D eigenvalue weighted by atomic mass is 35.5. The average Bonchev–Trinajstić information content (AvgIpc) is 2.44. The molecule has 9 heteroatoms. The van der Waals surface area contributed by atoms with Crippen molar-refractivity contribution in [3.63, 3.8) is 0 Å². The standard InChI is InChI=1S/C14H21FN2O4S.ClH/c1-9(2)6-11(8-16)17-22(19,20)13-5-4-10(15)7-12(13)14(18)21-3;/h4-5,7,9,11,17H,6,8,16H2,1-3H3;1H. The van der Waals surface area contributed by atoms with Crippen molar-refractivity contribution < 1.29 is 22.3 Å². The number of nitrogens with two attached hydrogens (primary N) is 1. The van der Waals surface area contributed by atoms with Crippen LogP contribution in [0, 0.1) is 11.7 Å². The first-order valence-electron chi connectivity index (χ1n) is 6.81. The van der Waals surface area contributed by atoms with Crippen molar-refractivity contribution in [1.82, 2.24) is 4.72 Å². The molecule has 0 aromatic heterocycles. The molecule has 1 atom stereocenters. The van der Waals surface area contributed by atoms with Crippen molar-refractivity contribution in [3.8, 4) is 0 Å². The van der Waals surface area contributed by atoms with Crippen molar-refractivity contribution in [3.05, 3.63) is 29.6 Å². The molecule has 0 amide bonds. The summed E-state index contributed by atoms with van der Waals surface area (Å²) < 4.78 is 45.1. The number of ether oxygens (including phenoxy) is 1. The summed E-state index contributed by atoms with van der Waals surface area (Å²) in [6.45, 7) is 4.00. The Kier molecular flexibility index (Phi) is 8.68. The molecule has 0 aliphatic rings. The second-order valence-corrected chi connectivity index (χ2v) is 7.00. The first-order chi connectivity index (χ1) is 10.2. The number of sulfonamides is 1. The lowest BCUT2D eigenvalue weighted by Gasteiger charge is -2.19. The highest BCUT2D eigenvalue weighted by molar-refractivity contribution is 7.89. The molecule has 0 fully saturated rings. The van der Waals surface area contributed by atoms with E-state index in [9.17, 15) is 17.6 Å². The van der Waals surface area contributed by atoms with Crippen LogP contribution in [0.4, 0.5) is 4.39 Å². The van der Waals surface area contributed by atoms with Gasteiger partial charge in [-0.25, -0.2) is 22.3 Å². The lowest BCUT2D eigenvalue weighted by molar-refractivity contribution is 0.0595. The number of esters is 1. The van der Waals surface area contributed by atoms with Gasteiger partial charge in [0.05, 0.1) is 17.6 Å². The summed E-state index contributed by atoms with van der Waals surface area (Å²) >= 11 is 0. The molecule has 0 heterocycles. The van der Waals surface area contributed by atoms with Crippen LogP contribution in [-0.2, 0) is 14.8 Å². The van der Waals surface area contributed by atoms with Gasteiger partial charge in [-0.15, -0.1) is 12.4 Å². The van der Waals surface area contributed by atoms with Crippen molar-refractivity contribution in [2.24, 2.45) is 11.7 Å². The Labute approximate surface area is 142 Å². The zero-order valence-electron chi connectivity index (χ0n) is 13.2. The molecule has 1 aromatic carbocycles. The largest absolute Gasteiger partial charge is 0.465 e. The van der Waals surface area contributed by atoms with E-state index in [1.807, 2.05) is 13.8 Å². The fourth-order valence-corrected chi connectivity index (χ4v) is 3.49. The summed E-state index contributed by atoms with van der Waals surface area (Å²) in [6.07, 6.45) is 0.546. The van der Waals surface area contributed by atoms with E-state index >= 15 is 0 Å². The van der Waals surface area contributed by atoms with E-state index in [4.69, 9.17) is 5.73 Å². The minimum Gasteiger partial charge on any atom is -0.465 e. The molecule has 3 N–H and O–H groups in total. The zero-order chi connectivity index (χ0) is 16.9. The van der Waals surface area contributed by atoms with E-state index in [-0.39, 0.29) is 35.3 Å².